The third-order valence-electron chi connectivity index (χ3n) is 4.61. The fourth-order valence-electron chi connectivity index (χ4n) is 2.94. The van der Waals surface area contributed by atoms with Crippen LogP contribution < -0.4 is 9.47 Å². The summed E-state index contributed by atoms with van der Waals surface area (Å²) in [5.74, 6) is 1.19. The minimum absolute atomic E-state index is 0.190. The quantitative estimate of drug-likeness (QED) is 0.315. The molecular weight excluding hydrogens is 388 g/mol. The van der Waals surface area contributed by atoms with Gasteiger partial charge in [0.05, 0.1) is 7.11 Å². The predicted molar refractivity (Wildman–Crippen MR) is 124 cm³/mol. The Labute approximate surface area is 183 Å². The molecule has 0 amide bonds. The number of methoxy groups -OCH3 is 1. The van der Waals surface area contributed by atoms with E-state index < -0.39 is 5.97 Å². The summed E-state index contributed by atoms with van der Waals surface area (Å²) in [6.45, 7) is 5.88. The van der Waals surface area contributed by atoms with E-state index in [2.05, 4.69) is 12.6 Å². The third-order valence-corrected chi connectivity index (χ3v) is 4.61. The molecule has 0 spiro atoms. The molecule has 0 heterocycles. The molecule has 0 aromatic heterocycles. The van der Waals surface area contributed by atoms with Crippen LogP contribution in [-0.2, 0) is 16.1 Å². The van der Waals surface area contributed by atoms with Crippen LogP contribution in [0.1, 0.15) is 18.1 Å². The fraction of sp³-hybridized carbons (Fsp3) is 0.148. The van der Waals surface area contributed by atoms with Gasteiger partial charge in [-0.1, -0.05) is 61.2 Å². The predicted octanol–water partition coefficient (Wildman–Crippen LogP) is 6.07. The highest BCUT2D eigenvalue weighted by Crippen LogP contribution is 2.33. The van der Waals surface area contributed by atoms with Crippen molar-refractivity contribution in [1.82, 2.24) is 0 Å². The van der Waals surface area contributed by atoms with Crippen molar-refractivity contribution in [3.05, 3.63) is 102 Å². The van der Waals surface area contributed by atoms with Crippen LogP contribution in [0.2, 0.25) is 0 Å². The van der Waals surface area contributed by atoms with Gasteiger partial charge >= 0.3 is 5.97 Å². The van der Waals surface area contributed by atoms with Crippen molar-refractivity contribution in [3.8, 4) is 22.6 Å². The van der Waals surface area contributed by atoms with Gasteiger partial charge in [-0.05, 0) is 54.0 Å². The average Bonchev–Trinajstić information content (AvgIpc) is 2.81. The Morgan fingerprint density at radius 2 is 1.74 bits per heavy atom. The summed E-state index contributed by atoms with van der Waals surface area (Å²) in [6, 6.07) is 23.9. The second-order valence-electron chi connectivity index (χ2n) is 7.04. The first-order chi connectivity index (χ1) is 15.1. The lowest BCUT2D eigenvalue weighted by molar-refractivity contribution is -0.137. The molecular formula is C27H26O4. The molecule has 3 aromatic rings. The van der Waals surface area contributed by atoms with Crippen molar-refractivity contribution in [1.29, 1.82) is 0 Å². The van der Waals surface area contributed by atoms with E-state index in [-0.39, 0.29) is 6.61 Å². The number of esters is 1. The lowest BCUT2D eigenvalue weighted by Crippen LogP contribution is -2.04. The third kappa shape index (κ3) is 6.34. The Morgan fingerprint density at radius 3 is 2.42 bits per heavy atom. The van der Waals surface area contributed by atoms with Gasteiger partial charge in [0, 0.05) is 11.1 Å². The van der Waals surface area contributed by atoms with Crippen molar-refractivity contribution < 1.29 is 19.0 Å². The van der Waals surface area contributed by atoms with Gasteiger partial charge in [0.15, 0.2) is 0 Å². The van der Waals surface area contributed by atoms with Gasteiger partial charge < -0.3 is 14.2 Å². The maximum absolute atomic E-state index is 11.5. The summed E-state index contributed by atoms with van der Waals surface area (Å²) >= 11 is 0. The van der Waals surface area contributed by atoms with Crippen LogP contribution in [0.15, 0.2) is 91.0 Å². The highest BCUT2D eigenvalue weighted by atomic mass is 16.5. The van der Waals surface area contributed by atoms with Crippen LogP contribution in [0.3, 0.4) is 0 Å². The molecule has 0 aliphatic rings. The molecule has 31 heavy (non-hydrogen) atoms. The molecule has 0 unspecified atom stereocenters. The molecule has 0 aliphatic heterocycles. The largest absolute Gasteiger partial charge is 0.497 e. The smallest absolute Gasteiger partial charge is 0.333 e. The Balaban J connectivity index is 1.82. The zero-order valence-electron chi connectivity index (χ0n) is 17.8. The van der Waals surface area contributed by atoms with E-state index >= 15 is 0 Å². The maximum atomic E-state index is 11.5. The molecule has 0 radical (unpaired) electrons. The standard InChI is InChI=1S/C27H26O4/c1-20(2)27(28)30-17-7-10-21-11-16-26(31-19-22-8-5-4-6-9-22)25(18-21)23-12-14-24(29-3)15-13-23/h4-16,18H,1,17,19H2,2-3H3/b10-7+. The van der Waals surface area contributed by atoms with E-state index in [0.29, 0.717) is 12.2 Å². The number of ether oxygens (including phenoxy) is 3. The van der Waals surface area contributed by atoms with E-state index in [9.17, 15) is 4.79 Å². The number of hydrogen-bond donors (Lipinski definition) is 0. The molecule has 0 saturated carbocycles. The van der Waals surface area contributed by atoms with Crippen molar-refractivity contribution in [2.75, 3.05) is 13.7 Å². The number of carbonyl (C=O) groups is 1. The lowest BCUT2D eigenvalue weighted by atomic mass is 10.0. The molecule has 0 saturated heterocycles. The molecule has 4 heteroatoms. The van der Waals surface area contributed by atoms with Crippen LogP contribution >= 0.6 is 0 Å². The van der Waals surface area contributed by atoms with Crippen molar-refractivity contribution in [2.45, 2.75) is 13.5 Å². The monoisotopic (exact) mass is 414 g/mol. The second kappa shape index (κ2) is 10.8. The summed E-state index contributed by atoms with van der Waals surface area (Å²) in [7, 11) is 1.65. The number of benzene rings is 3. The topological polar surface area (TPSA) is 44.8 Å². The van der Waals surface area contributed by atoms with Crippen LogP contribution in [0, 0.1) is 0 Å². The Kier molecular flexibility index (Phi) is 7.66. The van der Waals surface area contributed by atoms with Crippen LogP contribution in [0.5, 0.6) is 11.5 Å². The first kappa shape index (κ1) is 21.9. The molecule has 0 aliphatic carbocycles. The second-order valence-corrected chi connectivity index (χ2v) is 7.04. The van der Waals surface area contributed by atoms with Gasteiger partial charge in [-0.15, -0.1) is 0 Å². The van der Waals surface area contributed by atoms with Gasteiger partial charge in [0.25, 0.3) is 0 Å². The Morgan fingerprint density at radius 1 is 1.00 bits per heavy atom. The number of carbonyl (C=O) groups excluding carboxylic acids is 1. The summed E-state index contributed by atoms with van der Waals surface area (Å²) in [4.78, 5) is 11.5. The molecule has 0 fully saturated rings. The van der Waals surface area contributed by atoms with E-state index in [0.717, 1.165) is 33.8 Å². The highest BCUT2D eigenvalue weighted by Gasteiger charge is 2.09. The van der Waals surface area contributed by atoms with Gasteiger partial charge in [-0.2, -0.15) is 0 Å². The van der Waals surface area contributed by atoms with Crippen molar-refractivity contribution >= 4 is 12.0 Å². The summed E-state index contributed by atoms with van der Waals surface area (Å²) in [5.41, 5.74) is 4.46. The molecule has 3 aromatic carbocycles. The maximum Gasteiger partial charge on any atom is 0.333 e. The minimum atomic E-state index is -0.395. The molecule has 4 nitrogen and oxygen atoms in total. The van der Waals surface area contributed by atoms with E-state index in [1.165, 1.54) is 0 Å². The molecule has 0 atom stereocenters. The highest BCUT2D eigenvalue weighted by molar-refractivity contribution is 5.87. The summed E-state index contributed by atoms with van der Waals surface area (Å²) in [5, 5.41) is 0. The van der Waals surface area contributed by atoms with Crippen LogP contribution in [0.4, 0.5) is 0 Å². The zero-order chi connectivity index (χ0) is 22.1. The van der Waals surface area contributed by atoms with E-state index in [1.807, 2.05) is 72.8 Å². The SMILES string of the molecule is C=C(C)C(=O)OC/C=C/c1ccc(OCc2ccccc2)c(-c2ccc(OC)cc2)c1. The van der Waals surface area contributed by atoms with Crippen molar-refractivity contribution in [3.63, 3.8) is 0 Å². The average molecular weight is 415 g/mol. The van der Waals surface area contributed by atoms with E-state index in [4.69, 9.17) is 14.2 Å². The summed E-state index contributed by atoms with van der Waals surface area (Å²) in [6.07, 6.45) is 3.72. The Hall–Kier alpha value is -3.79. The van der Waals surface area contributed by atoms with Gasteiger partial charge in [0.1, 0.15) is 24.7 Å². The molecule has 0 bridgehead atoms. The van der Waals surface area contributed by atoms with Crippen LogP contribution in [0.25, 0.3) is 17.2 Å². The Bertz CT molecular complexity index is 1050. The zero-order valence-corrected chi connectivity index (χ0v) is 17.8. The first-order valence-electron chi connectivity index (χ1n) is 10.0. The fourth-order valence-corrected chi connectivity index (χ4v) is 2.94. The van der Waals surface area contributed by atoms with E-state index in [1.54, 1.807) is 20.1 Å². The van der Waals surface area contributed by atoms with Gasteiger partial charge in [0.2, 0.25) is 0 Å². The van der Waals surface area contributed by atoms with Gasteiger partial charge in [-0.25, -0.2) is 4.79 Å². The van der Waals surface area contributed by atoms with Gasteiger partial charge in [-0.3, -0.25) is 0 Å². The minimum Gasteiger partial charge on any atom is -0.497 e. The normalized spacial score (nSPS) is 10.6. The lowest BCUT2D eigenvalue weighted by Gasteiger charge is -2.13. The number of rotatable bonds is 9. The molecule has 158 valence electrons. The molecule has 0 N–H and O–H groups in total. The summed E-state index contributed by atoms with van der Waals surface area (Å²) < 4.78 is 16.5. The van der Waals surface area contributed by atoms with Crippen LogP contribution in [-0.4, -0.2) is 19.7 Å². The first-order valence-corrected chi connectivity index (χ1v) is 10.0. The molecule has 3 rings (SSSR count). The van der Waals surface area contributed by atoms with Crippen molar-refractivity contribution in [2.24, 2.45) is 0 Å². The number of hydrogen-bond acceptors (Lipinski definition) is 4.